The molecule has 0 aliphatic rings. The van der Waals surface area contributed by atoms with Crippen LogP contribution >= 0.6 is 50.6 Å². The predicted molar refractivity (Wildman–Crippen MR) is 129 cm³/mol. The number of fused-ring (bicyclic) bond motifs is 3. The summed E-state index contributed by atoms with van der Waals surface area (Å²) in [5.41, 5.74) is 4.43. The number of pyridine rings is 1. The molecule has 0 atom stereocenters. The predicted octanol–water partition coefficient (Wildman–Crippen LogP) is 7.49. The highest BCUT2D eigenvalue weighted by molar-refractivity contribution is 9.10. The van der Waals surface area contributed by atoms with E-state index in [0.29, 0.717) is 15.5 Å². The third-order valence-corrected chi connectivity index (χ3v) is 8.01. The first-order valence-electron chi connectivity index (χ1n) is 9.17. The van der Waals surface area contributed by atoms with Crippen LogP contribution in [0.3, 0.4) is 0 Å². The zero-order chi connectivity index (χ0) is 20.7. The Morgan fingerprint density at radius 1 is 1.07 bits per heavy atom. The van der Waals surface area contributed by atoms with Crippen molar-refractivity contribution in [2.24, 2.45) is 0 Å². The fraction of sp³-hybridized carbons (Fsp3) is 0.0435. The molecule has 0 spiro atoms. The van der Waals surface area contributed by atoms with E-state index in [2.05, 4.69) is 32.5 Å². The number of thiophene rings is 1. The number of imidazole rings is 1. The first-order chi connectivity index (χ1) is 14.6. The lowest BCUT2D eigenvalue weighted by Gasteiger charge is -2.02. The van der Waals surface area contributed by atoms with Crippen molar-refractivity contribution in [1.29, 1.82) is 0 Å². The number of nitrogens with zero attached hydrogens (tertiary/aromatic N) is 2. The number of carbonyl (C=O) groups is 1. The van der Waals surface area contributed by atoms with Crippen LogP contribution in [0.4, 0.5) is 0 Å². The summed E-state index contributed by atoms with van der Waals surface area (Å²) in [7, 11) is 0. The number of thioether (sulfide) groups is 1. The van der Waals surface area contributed by atoms with Gasteiger partial charge in [-0.05, 0) is 54.1 Å². The smallest absolute Gasteiger partial charge is 0.205 e. The van der Waals surface area contributed by atoms with Crippen molar-refractivity contribution in [3.8, 4) is 0 Å². The standard InChI is InChI=1S/C23H14BrClN2OS2/c24-16-8-4-14(5-9-16)13-29-23-20-19(26-18-3-1-2-12-27(18)20)22(30-23)21(28)15-6-10-17(25)11-7-15/h1-12H,13H2. The number of benzene rings is 2. The molecule has 0 N–H and O–H groups in total. The molecule has 0 radical (unpaired) electrons. The van der Waals surface area contributed by atoms with Gasteiger partial charge in [-0.1, -0.05) is 45.7 Å². The van der Waals surface area contributed by atoms with Crippen LogP contribution in [0.2, 0.25) is 5.02 Å². The van der Waals surface area contributed by atoms with Gasteiger partial charge in [0.2, 0.25) is 5.78 Å². The van der Waals surface area contributed by atoms with Gasteiger partial charge < -0.3 is 0 Å². The maximum absolute atomic E-state index is 13.3. The van der Waals surface area contributed by atoms with Crippen molar-refractivity contribution < 1.29 is 4.79 Å². The Morgan fingerprint density at radius 2 is 1.83 bits per heavy atom. The van der Waals surface area contributed by atoms with Crippen LogP contribution in [0.15, 0.2) is 81.6 Å². The highest BCUT2D eigenvalue weighted by Crippen LogP contribution is 2.41. The van der Waals surface area contributed by atoms with Crippen LogP contribution in [0.5, 0.6) is 0 Å². The SMILES string of the molecule is O=C(c1ccc(Cl)cc1)c1sc(SCc2ccc(Br)cc2)c2c1nc1ccccn12. The molecule has 3 heterocycles. The largest absolute Gasteiger partial charge is 0.298 e. The van der Waals surface area contributed by atoms with Gasteiger partial charge in [-0.3, -0.25) is 9.20 Å². The molecule has 7 heteroatoms. The number of aromatic nitrogens is 2. The van der Waals surface area contributed by atoms with E-state index in [-0.39, 0.29) is 5.78 Å². The van der Waals surface area contributed by atoms with Crippen LogP contribution in [0.1, 0.15) is 20.8 Å². The van der Waals surface area contributed by atoms with Crippen LogP contribution in [0.25, 0.3) is 16.7 Å². The zero-order valence-corrected chi connectivity index (χ0v) is 19.5. The summed E-state index contributed by atoms with van der Waals surface area (Å²) in [6, 6.07) is 21.2. The summed E-state index contributed by atoms with van der Waals surface area (Å²) < 4.78 is 4.21. The van der Waals surface area contributed by atoms with Gasteiger partial charge in [0.05, 0.1) is 9.73 Å². The Kier molecular flexibility index (Phi) is 5.41. The summed E-state index contributed by atoms with van der Waals surface area (Å²) in [6.07, 6.45) is 2.00. The average Bonchev–Trinajstić information content (AvgIpc) is 3.31. The van der Waals surface area contributed by atoms with Gasteiger partial charge >= 0.3 is 0 Å². The molecule has 0 unspecified atom stereocenters. The first-order valence-corrected chi connectivity index (χ1v) is 12.1. The second-order valence-electron chi connectivity index (χ2n) is 6.71. The second kappa shape index (κ2) is 8.19. The van der Waals surface area contributed by atoms with E-state index in [1.54, 1.807) is 36.0 Å². The van der Waals surface area contributed by atoms with Crippen molar-refractivity contribution in [2.75, 3.05) is 0 Å². The lowest BCUT2D eigenvalue weighted by Crippen LogP contribution is -1.98. The van der Waals surface area contributed by atoms with Crippen molar-refractivity contribution >= 4 is 73.1 Å². The Balaban J connectivity index is 1.60. The molecule has 0 saturated heterocycles. The van der Waals surface area contributed by atoms with Crippen molar-refractivity contribution in [3.05, 3.63) is 98.4 Å². The van der Waals surface area contributed by atoms with E-state index in [1.807, 2.05) is 36.5 Å². The molecule has 30 heavy (non-hydrogen) atoms. The lowest BCUT2D eigenvalue weighted by molar-refractivity contribution is 0.104. The number of ketones is 1. The normalized spacial score (nSPS) is 11.4. The molecule has 0 aliphatic carbocycles. The van der Waals surface area contributed by atoms with Gasteiger partial charge in [-0.25, -0.2) is 4.98 Å². The van der Waals surface area contributed by atoms with E-state index in [4.69, 9.17) is 16.6 Å². The fourth-order valence-corrected chi connectivity index (χ4v) is 6.05. The molecule has 3 aromatic heterocycles. The number of hydrogen-bond donors (Lipinski definition) is 0. The van der Waals surface area contributed by atoms with Gasteiger partial charge in [0.25, 0.3) is 0 Å². The third-order valence-electron chi connectivity index (χ3n) is 4.73. The molecule has 3 nitrogen and oxygen atoms in total. The Bertz CT molecular complexity index is 1370. The highest BCUT2D eigenvalue weighted by Gasteiger charge is 2.23. The topological polar surface area (TPSA) is 34.4 Å². The minimum atomic E-state index is -0.0273. The Morgan fingerprint density at radius 3 is 2.60 bits per heavy atom. The minimum absolute atomic E-state index is 0.0273. The maximum atomic E-state index is 13.3. The van der Waals surface area contributed by atoms with Crippen molar-refractivity contribution in [1.82, 2.24) is 9.38 Å². The van der Waals surface area contributed by atoms with E-state index >= 15 is 0 Å². The summed E-state index contributed by atoms with van der Waals surface area (Å²) in [5.74, 6) is 0.790. The molecule has 0 amide bonds. The van der Waals surface area contributed by atoms with Crippen LogP contribution in [-0.4, -0.2) is 15.2 Å². The first kappa shape index (κ1) is 19.8. The monoisotopic (exact) mass is 512 g/mol. The summed E-state index contributed by atoms with van der Waals surface area (Å²) >= 11 is 12.7. The molecule has 2 aromatic carbocycles. The number of carbonyl (C=O) groups excluding carboxylic acids is 1. The van der Waals surface area contributed by atoms with Gasteiger partial charge in [-0.2, -0.15) is 0 Å². The average molecular weight is 514 g/mol. The Hall–Kier alpha value is -2.12. The molecule has 0 aliphatic heterocycles. The molecular weight excluding hydrogens is 500 g/mol. The molecule has 0 fully saturated rings. The quantitative estimate of drug-likeness (QED) is 0.180. The number of halogens is 2. The third kappa shape index (κ3) is 3.69. The Labute approximate surface area is 194 Å². The van der Waals surface area contributed by atoms with E-state index in [0.717, 1.165) is 31.1 Å². The van der Waals surface area contributed by atoms with Gasteiger partial charge in [-0.15, -0.1) is 23.1 Å². The number of rotatable bonds is 5. The highest BCUT2D eigenvalue weighted by atomic mass is 79.9. The summed E-state index contributed by atoms with van der Waals surface area (Å²) in [6.45, 7) is 0. The molecule has 5 rings (SSSR count). The molecule has 5 aromatic rings. The molecule has 0 bridgehead atoms. The lowest BCUT2D eigenvalue weighted by atomic mass is 10.1. The van der Waals surface area contributed by atoms with Gasteiger partial charge in [0.15, 0.2) is 0 Å². The van der Waals surface area contributed by atoms with Crippen LogP contribution in [-0.2, 0) is 5.75 Å². The molecule has 0 saturated carbocycles. The minimum Gasteiger partial charge on any atom is -0.298 e. The summed E-state index contributed by atoms with van der Waals surface area (Å²) in [5, 5.41) is 0.612. The summed E-state index contributed by atoms with van der Waals surface area (Å²) in [4.78, 5) is 18.7. The van der Waals surface area contributed by atoms with Crippen LogP contribution < -0.4 is 0 Å². The molecular formula is C23H14BrClN2OS2. The van der Waals surface area contributed by atoms with Crippen molar-refractivity contribution in [3.63, 3.8) is 0 Å². The fourth-order valence-electron chi connectivity index (χ4n) is 3.25. The molecule has 148 valence electrons. The maximum Gasteiger partial charge on any atom is 0.205 e. The number of hydrogen-bond acceptors (Lipinski definition) is 4. The van der Waals surface area contributed by atoms with E-state index in [1.165, 1.54) is 16.9 Å². The van der Waals surface area contributed by atoms with E-state index in [9.17, 15) is 4.79 Å². The van der Waals surface area contributed by atoms with Crippen molar-refractivity contribution in [2.45, 2.75) is 9.96 Å². The second-order valence-corrected chi connectivity index (χ2v) is 10.3. The van der Waals surface area contributed by atoms with Crippen LogP contribution in [0, 0.1) is 0 Å². The van der Waals surface area contributed by atoms with E-state index < -0.39 is 0 Å². The van der Waals surface area contributed by atoms with Gasteiger partial charge in [0, 0.05) is 27.0 Å². The van der Waals surface area contributed by atoms with Gasteiger partial charge in [0.1, 0.15) is 16.0 Å². The zero-order valence-electron chi connectivity index (χ0n) is 15.5.